The number of aryl methyl sites for hydroxylation is 1. The molecule has 1 aromatic carbocycles. The summed E-state index contributed by atoms with van der Waals surface area (Å²) in [5.74, 6) is 0. The molecule has 2 rings (SSSR count). The average molecular weight is 218 g/mol. The van der Waals surface area contributed by atoms with Crippen molar-refractivity contribution in [1.29, 1.82) is 0 Å². The molecule has 1 aliphatic rings. The van der Waals surface area contributed by atoms with Gasteiger partial charge < -0.3 is 5.73 Å². The van der Waals surface area contributed by atoms with Crippen LogP contribution in [0.25, 0.3) is 0 Å². The van der Waals surface area contributed by atoms with Crippen LogP contribution in [-0.4, -0.2) is 24.5 Å². The lowest BCUT2D eigenvalue weighted by Crippen LogP contribution is -2.31. The summed E-state index contributed by atoms with van der Waals surface area (Å²) in [5.41, 5.74) is 8.92. The van der Waals surface area contributed by atoms with Gasteiger partial charge in [-0.1, -0.05) is 36.8 Å². The van der Waals surface area contributed by atoms with E-state index in [0.717, 1.165) is 19.6 Å². The molecule has 1 fully saturated rings. The van der Waals surface area contributed by atoms with Crippen LogP contribution in [0.2, 0.25) is 0 Å². The van der Waals surface area contributed by atoms with Crippen molar-refractivity contribution in [2.75, 3.05) is 19.6 Å². The Morgan fingerprint density at radius 1 is 1.44 bits per heavy atom. The Bertz CT molecular complexity index is 362. The predicted molar refractivity (Wildman–Crippen MR) is 68.2 cm³/mol. The van der Waals surface area contributed by atoms with Gasteiger partial charge in [-0.25, -0.2) is 0 Å². The summed E-state index contributed by atoms with van der Waals surface area (Å²) in [6.45, 7) is 8.63. The highest BCUT2D eigenvalue weighted by Crippen LogP contribution is 2.29. The maximum atomic E-state index is 5.82. The molecule has 0 amide bonds. The van der Waals surface area contributed by atoms with Gasteiger partial charge in [-0.2, -0.15) is 0 Å². The number of nitrogens with zero attached hydrogens (tertiary/aromatic N) is 1. The fourth-order valence-electron chi connectivity index (χ4n) is 2.50. The molecule has 1 atom stereocenters. The van der Waals surface area contributed by atoms with Crippen molar-refractivity contribution in [3.05, 3.63) is 35.4 Å². The van der Waals surface area contributed by atoms with E-state index < -0.39 is 0 Å². The molecule has 2 nitrogen and oxygen atoms in total. The van der Waals surface area contributed by atoms with Crippen LogP contribution in [0, 0.1) is 12.3 Å². The fourth-order valence-corrected chi connectivity index (χ4v) is 2.50. The zero-order valence-corrected chi connectivity index (χ0v) is 10.4. The van der Waals surface area contributed by atoms with Gasteiger partial charge in [0, 0.05) is 13.1 Å². The van der Waals surface area contributed by atoms with Gasteiger partial charge in [-0.05, 0) is 37.4 Å². The van der Waals surface area contributed by atoms with Gasteiger partial charge in [0.15, 0.2) is 0 Å². The summed E-state index contributed by atoms with van der Waals surface area (Å²) in [4.78, 5) is 2.52. The van der Waals surface area contributed by atoms with Crippen LogP contribution in [0.15, 0.2) is 24.3 Å². The van der Waals surface area contributed by atoms with Gasteiger partial charge in [0.2, 0.25) is 0 Å². The van der Waals surface area contributed by atoms with Crippen molar-refractivity contribution in [3.8, 4) is 0 Å². The van der Waals surface area contributed by atoms with Crippen molar-refractivity contribution in [2.45, 2.75) is 26.8 Å². The monoisotopic (exact) mass is 218 g/mol. The van der Waals surface area contributed by atoms with Crippen LogP contribution >= 0.6 is 0 Å². The Balaban J connectivity index is 1.97. The van der Waals surface area contributed by atoms with Crippen LogP contribution in [0.5, 0.6) is 0 Å². The molecule has 16 heavy (non-hydrogen) atoms. The lowest BCUT2D eigenvalue weighted by atomic mass is 9.90. The van der Waals surface area contributed by atoms with Crippen LogP contribution in [-0.2, 0) is 6.54 Å². The predicted octanol–water partition coefficient (Wildman–Crippen LogP) is 2.17. The molecule has 1 unspecified atom stereocenters. The molecule has 0 spiro atoms. The van der Waals surface area contributed by atoms with E-state index in [1.54, 1.807) is 0 Å². The Labute approximate surface area is 98.4 Å². The summed E-state index contributed by atoms with van der Waals surface area (Å²) in [7, 11) is 0. The van der Waals surface area contributed by atoms with Crippen LogP contribution in [0.3, 0.4) is 0 Å². The summed E-state index contributed by atoms with van der Waals surface area (Å²) in [6, 6.07) is 8.78. The Kier molecular flexibility index (Phi) is 3.31. The van der Waals surface area contributed by atoms with E-state index >= 15 is 0 Å². The molecule has 1 saturated heterocycles. The third-order valence-electron chi connectivity index (χ3n) is 3.62. The molecular formula is C14H22N2. The minimum atomic E-state index is 0.337. The summed E-state index contributed by atoms with van der Waals surface area (Å²) in [6.07, 6.45) is 1.23. The lowest BCUT2D eigenvalue weighted by molar-refractivity contribution is 0.274. The van der Waals surface area contributed by atoms with E-state index in [0.29, 0.717) is 5.41 Å². The first kappa shape index (κ1) is 11.6. The molecule has 0 radical (unpaired) electrons. The average Bonchev–Trinajstić information content (AvgIpc) is 2.61. The Morgan fingerprint density at radius 3 is 2.88 bits per heavy atom. The molecule has 0 bridgehead atoms. The van der Waals surface area contributed by atoms with E-state index in [1.807, 2.05) is 0 Å². The SMILES string of the molecule is Cc1cccc(CN2CCC(C)(CN)C2)c1. The largest absolute Gasteiger partial charge is 0.330 e. The number of rotatable bonds is 3. The molecule has 1 aromatic rings. The molecule has 1 aliphatic heterocycles. The third-order valence-corrected chi connectivity index (χ3v) is 3.62. The number of benzene rings is 1. The third kappa shape index (κ3) is 2.63. The number of hydrogen-bond acceptors (Lipinski definition) is 2. The fraction of sp³-hybridized carbons (Fsp3) is 0.571. The van der Waals surface area contributed by atoms with E-state index in [1.165, 1.54) is 24.1 Å². The number of hydrogen-bond donors (Lipinski definition) is 1. The second kappa shape index (κ2) is 4.56. The highest BCUT2D eigenvalue weighted by atomic mass is 15.2. The summed E-state index contributed by atoms with van der Waals surface area (Å²) >= 11 is 0. The van der Waals surface area contributed by atoms with E-state index in [-0.39, 0.29) is 0 Å². The molecule has 0 aliphatic carbocycles. The quantitative estimate of drug-likeness (QED) is 0.842. The first-order valence-electron chi connectivity index (χ1n) is 6.09. The van der Waals surface area contributed by atoms with Crippen molar-refractivity contribution >= 4 is 0 Å². The van der Waals surface area contributed by atoms with Crippen LogP contribution in [0.1, 0.15) is 24.5 Å². The standard InChI is InChI=1S/C14H22N2/c1-12-4-3-5-13(8-12)9-16-7-6-14(2,10-15)11-16/h3-5,8H,6-7,9-11,15H2,1-2H3. The summed E-state index contributed by atoms with van der Waals surface area (Å²) < 4.78 is 0. The first-order chi connectivity index (χ1) is 7.61. The van der Waals surface area contributed by atoms with E-state index in [9.17, 15) is 0 Å². The number of likely N-dealkylation sites (tertiary alicyclic amines) is 1. The molecule has 2 N–H and O–H groups in total. The minimum Gasteiger partial charge on any atom is -0.330 e. The highest BCUT2D eigenvalue weighted by Gasteiger charge is 2.32. The highest BCUT2D eigenvalue weighted by molar-refractivity contribution is 5.22. The van der Waals surface area contributed by atoms with Crippen molar-refractivity contribution in [2.24, 2.45) is 11.1 Å². The molecule has 0 aromatic heterocycles. The van der Waals surface area contributed by atoms with Crippen molar-refractivity contribution < 1.29 is 0 Å². The maximum Gasteiger partial charge on any atom is 0.0234 e. The van der Waals surface area contributed by atoms with Gasteiger partial charge in [0.1, 0.15) is 0 Å². The van der Waals surface area contributed by atoms with Crippen molar-refractivity contribution in [3.63, 3.8) is 0 Å². The van der Waals surface area contributed by atoms with Crippen molar-refractivity contribution in [1.82, 2.24) is 4.90 Å². The normalized spacial score (nSPS) is 26.2. The smallest absolute Gasteiger partial charge is 0.0234 e. The van der Waals surface area contributed by atoms with Gasteiger partial charge in [0.05, 0.1) is 0 Å². The summed E-state index contributed by atoms with van der Waals surface area (Å²) in [5, 5.41) is 0. The van der Waals surface area contributed by atoms with Gasteiger partial charge in [-0.3, -0.25) is 4.90 Å². The minimum absolute atomic E-state index is 0.337. The zero-order valence-electron chi connectivity index (χ0n) is 10.4. The molecule has 2 heteroatoms. The molecule has 88 valence electrons. The van der Waals surface area contributed by atoms with Crippen LogP contribution in [0.4, 0.5) is 0 Å². The van der Waals surface area contributed by atoms with Gasteiger partial charge in [0.25, 0.3) is 0 Å². The second-order valence-electron chi connectivity index (χ2n) is 5.46. The molecular weight excluding hydrogens is 196 g/mol. The maximum absolute atomic E-state index is 5.82. The van der Waals surface area contributed by atoms with Crippen LogP contribution < -0.4 is 5.73 Å². The zero-order chi connectivity index (χ0) is 11.6. The van der Waals surface area contributed by atoms with E-state index in [2.05, 4.69) is 43.0 Å². The molecule has 1 heterocycles. The molecule has 0 saturated carbocycles. The van der Waals surface area contributed by atoms with Gasteiger partial charge >= 0.3 is 0 Å². The first-order valence-corrected chi connectivity index (χ1v) is 6.09. The Morgan fingerprint density at radius 2 is 2.25 bits per heavy atom. The van der Waals surface area contributed by atoms with Gasteiger partial charge in [-0.15, -0.1) is 0 Å². The van der Waals surface area contributed by atoms with E-state index in [4.69, 9.17) is 5.73 Å². The topological polar surface area (TPSA) is 29.3 Å². The Hall–Kier alpha value is -0.860. The lowest BCUT2D eigenvalue weighted by Gasteiger charge is -2.22. The second-order valence-corrected chi connectivity index (χ2v) is 5.46. The number of nitrogens with two attached hydrogens (primary N) is 1.